The first kappa shape index (κ1) is 13.8. The second kappa shape index (κ2) is 6.10. The van der Waals surface area contributed by atoms with Crippen LogP contribution < -0.4 is 16.0 Å². The highest BCUT2D eigenvalue weighted by Gasteiger charge is 2.17. The van der Waals surface area contributed by atoms with E-state index in [4.69, 9.17) is 15.6 Å². The van der Waals surface area contributed by atoms with E-state index in [-0.39, 0.29) is 0 Å². The Morgan fingerprint density at radius 3 is 2.62 bits per heavy atom. The number of hydrogen-bond donors (Lipinski definition) is 2. The molecular formula is C16H20N4O. The summed E-state index contributed by atoms with van der Waals surface area (Å²) in [5, 5.41) is 0. The van der Waals surface area contributed by atoms with Crippen molar-refractivity contribution in [3.05, 3.63) is 46.9 Å². The summed E-state index contributed by atoms with van der Waals surface area (Å²) in [7, 11) is 1.67. The van der Waals surface area contributed by atoms with Gasteiger partial charge >= 0.3 is 0 Å². The molecule has 0 aliphatic heterocycles. The van der Waals surface area contributed by atoms with Crippen molar-refractivity contribution in [2.45, 2.75) is 32.1 Å². The third-order valence-electron chi connectivity index (χ3n) is 3.89. The maximum absolute atomic E-state index is 5.62. The van der Waals surface area contributed by atoms with Crippen LogP contribution in [0, 0.1) is 0 Å². The van der Waals surface area contributed by atoms with E-state index in [2.05, 4.69) is 10.4 Å². The fourth-order valence-corrected chi connectivity index (χ4v) is 2.77. The summed E-state index contributed by atoms with van der Waals surface area (Å²) in [6, 6.07) is 7.99. The Morgan fingerprint density at radius 1 is 1.14 bits per heavy atom. The van der Waals surface area contributed by atoms with E-state index in [1.165, 1.54) is 18.4 Å². The Kier molecular flexibility index (Phi) is 4.01. The molecule has 0 unspecified atom stereocenters. The maximum atomic E-state index is 5.62. The number of ether oxygens (including phenoxy) is 1. The molecule has 5 heteroatoms. The van der Waals surface area contributed by atoms with Crippen LogP contribution in [0.1, 0.15) is 35.5 Å². The number of aryl methyl sites for hydroxylation is 1. The lowest BCUT2D eigenvalue weighted by molar-refractivity contribution is 0.414. The van der Waals surface area contributed by atoms with Gasteiger partial charge < -0.3 is 10.2 Å². The zero-order valence-corrected chi connectivity index (χ0v) is 12.2. The molecule has 21 heavy (non-hydrogen) atoms. The number of nitrogen functional groups attached to an aromatic ring is 1. The van der Waals surface area contributed by atoms with E-state index < -0.39 is 0 Å². The van der Waals surface area contributed by atoms with Crippen molar-refractivity contribution < 1.29 is 4.74 Å². The van der Waals surface area contributed by atoms with Crippen LogP contribution in [0.15, 0.2) is 24.3 Å². The molecule has 110 valence electrons. The molecular weight excluding hydrogens is 264 g/mol. The smallest absolute Gasteiger partial charge is 0.147 e. The lowest BCUT2D eigenvalue weighted by atomic mass is 9.96. The normalized spacial score (nSPS) is 13.6. The number of methoxy groups -OCH3 is 1. The quantitative estimate of drug-likeness (QED) is 0.665. The van der Waals surface area contributed by atoms with Crippen molar-refractivity contribution >= 4 is 5.82 Å². The molecule has 1 heterocycles. The van der Waals surface area contributed by atoms with Crippen LogP contribution in [0.3, 0.4) is 0 Å². The Labute approximate surface area is 124 Å². The molecule has 0 atom stereocenters. The van der Waals surface area contributed by atoms with Gasteiger partial charge in [-0.15, -0.1) is 0 Å². The van der Waals surface area contributed by atoms with Crippen LogP contribution in [0.25, 0.3) is 0 Å². The van der Waals surface area contributed by atoms with Crippen molar-refractivity contribution in [3.63, 3.8) is 0 Å². The molecule has 0 fully saturated rings. The number of nitrogens with zero attached hydrogens (tertiary/aromatic N) is 2. The number of nitrogens with one attached hydrogen (secondary N) is 1. The van der Waals surface area contributed by atoms with Crippen molar-refractivity contribution in [3.8, 4) is 5.75 Å². The maximum Gasteiger partial charge on any atom is 0.147 e. The topological polar surface area (TPSA) is 73.1 Å². The van der Waals surface area contributed by atoms with Crippen molar-refractivity contribution in [1.82, 2.24) is 9.97 Å². The molecule has 3 rings (SSSR count). The molecule has 0 amide bonds. The van der Waals surface area contributed by atoms with E-state index in [9.17, 15) is 0 Å². The second-order valence-electron chi connectivity index (χ2n) is 5.29. The van der Waals surface area contributed by atoms with Gasteiger partial charge in [0.15, 0.2) is 0 Å². The van der Waals surface area contributed by atoms with E-state index >= 15 is 0 Å². The number of benzene rings is 1. The third kappa shape index (κ3) is 2.97. The van der Waals surface area contributed by atoms with Gasteiger partial charge in [0, 0.05) is 17.7 Å². The van der Waals surface area contributed by atoms with Gasteiger partial charge in [-0.1, -0.05) is 12.1 Å². The number of rotatable bonds is 4. The van der Waals surface area contributed by atoms with Gasteiger partial charge in [0.25, 0.3) is 0 Å². The molecule has 1 aliphatic rings. The highest BCUT2D eigenvalue weighted by molar-refractivity contribution is 5.47. The predicted octanol–water partition coefficient (Wildman–Crippen LogP) is 2.24. The SMILES string of the molecule is COc1ccc(Cc2nc3c(c(NN)n2)CCCC3)cc1. The van der Waals surface area contributed by atoms with E-state index in [0.717, 1.165) is 41.5 Å². The molecule has 0 radical (unpaired) electrons. The summed E-state index contributed by atoms with van der Waals surface area (Å²) in [4.78, 5) is 9.29. The molecule has 1 aromatic heterocycles. The molecule has 0 saturated heterocycles. The van der Waals surface area contributed by atoms with Crippen LogP contribution in [0.2, 0.25) is 0 Å². The average molecular weight is 284 g/mol. The minimum absolute atomic E-state index is 0.700. The van der Waals surface area contributed by atoms with Crippen molar-refractivity contribution in [2.24, 2.45) is 5.84 Å². The minimum atomic E-state index is 0.700. The van der Waals surface area contributed by atoms with Crippen LogP contribution in [-0.2, 0) is 19.3 Å². The fourth-order valence-electron chi connectivity index (χ4n) is 2.77. The van der Waals surface area contributed by atoms with Gasteiger partial charge in [-0.05, 0) is 43.4 Å². The fraction of sp³-hybridized carbons (Fsp3) is 0.375. The van der Waals surface area contributed by atoms with E-state index in [1.807, 2.05) is 24.3 Å². The first-order chi connectivity index (χ1) is 10.3. The number of fused-ring (bicyclic) bond motifs is 1. The Hall–Kier alpha value is -2.14. The molecule has 2 aromatic rings. The first-order valence-corrected chi connectivity index (χ1v) is 7.28. The summed E-state index contributed by atoms with van der Waals surface area (Å²) >= 11 is 0. The Bertz CT molecular complexity index is 608. The molecule has 0 spiro atoms. The number of hydrogen-bond acceptors (Lipinski definition) is 5. The number of nitrogens with two attached hydrogens (primary N) is 1. The molecule has 1 aliphatic carbocycles. The summed E-state index contributed by atoms with van der Waals surface area (Å²) in [6.07, 6.45) is 5.10. The zero-order valence-electron chi connectivity index (χ0n) is 12.2. The predicted molar refractivity (Wildman–Crippen MR) is 82.3 cm³/mol. The van der Waals surface area contributed by atoms with Crippen LogP contribution in [0.5, 0.6) is 5.75 Å². The first-order valence-electron chi connectivity index (χ1n) is 7.28. The molecule has 1 aromatic carbocycles. The lowest BCUT2D eigenvalue weighted by Crippen LogP contribution is -2.18. The number of aromatic nitrogens is 2. The Balaban J connectivity index is 1.87. The highest BCUT2D eigenvalue weighted by Crippen LogP contribution is 2.25. The van der Waals surface area contributed by atoms with Crippen LogP contribution in [-0.4, -0.2) is 17.1 Å². The third-order valence-corrected chi connectivity index (χ3v) is 3.89. The van der Waals surface area contributed by atoms with Crippen LogP contribution in [0.4, 0.5) is 5.82 Å². The van der Waals surface area contributed by atoms with Gasteiger partial charge in [-0.25, -0.2) is 15.8 Å². The monoisotopic (exact) mass is 284 g/mol. The van der Waals surface area contributed by atoms with E-state index in [0.29, 0.717) is 6.42 Å². The standard InChI is InChI=1S/C16H20N4O/c1-21-12-8-6-11(7-9-12)10-15-18-14-5-3-2-4-13(14)16(19-15)20-17/h6-9H,2-5,10,17H2,1H3,(H,18,19,20). The van der Waals surface area contributed by atoms with Crippen LogP contribution >= 0.6 is 0 Å². The second-order valence-corrected chi connectivity index (χ2v) is 5.29. The lowest BCUT2D eigenvalue weighted by Gasteiger charge is -2.18. The molecule has 0 bridgehead atoms. The Morgan fingerprint density at radius 2 is 1.90 bits per heavy atom. The molecule has 0 saturated carbocycles. The van der Waals surface area contributed by atoms with Crippen molar-refractivity contribution in [1.29, 1.82) is 0 Å². The zero-order chi connectivity index (χ0) is 14.7. The minimum Gasteiger partial charge on any atom is -0.497 e. The highest BCUT2D eigenvalue weighted by atomic mass is 16.5. The summed E-state index contributed by atoms with van der Waals surface area (Å²) in [6.45, 7) is 0. The molecule has 5 nitrogen and oxygen atoms in total. The van der Waals surface area contributed by atoms with Gasteiger partial charge in [-0.3, -0.25) is 0 Å². The summed E-state index contributed by atoms with van der Waals surface area (Å²) in [5.74, 6) is 8.07. The van der Waals surface area contributed by atoms with Gasteiger partial charge in [0.05, 0.1) is 7.11 Å². The van der Waals surface area contributed by atoms with Gasteiger partial charge in [0.1, 0.15) is 17.4 Å². The summed E-state index contributed by atoms with van der Waals surface area (Å²) < 4.78 is 5.17. The number of anilines is 1. The van der Waals surface area contributed by atoms with Crippen molar-refractivity contribution in [2.75, 3.05) is 12.5 Å². The summed E-state index contributed by atoms with van der Waals surface area (Å²) in [5.41, 5.74) is 6.22. The van der Waals surface area contributed by atoms with E-state index in [1.54, 1.807) is 7.11 Å². The average Bonchev–Trinajstić information content (AvgIpc) is 2.55. The largest absolute Gasteiger partial charge is 0.497 e. The van der Waals surface area contributed by atoms with Gasteiger partial charge in [0.2, 0.25) is 0 Å². The van der Waals surface area contributed by atoms with Gasteiger partial charge in [-0.2, -0.15) is 0 Å². The number of hydrazine groups is 1. The molecule has 3 N–H and O–H groups in total.